The van der Waals surface area contributed by atoms with Crippen LogP contribution in [0.4, 0.5) is 13.2 Å². The quantitative estimate of drug-likeness (QED) is 0.870. The van der Waals surface area contributed by atoms with E-state index in [1.165, 1.54) is 19.4 Å². The van der Waals surface area contributed by atoms with Gasteiger partial charge in [0.2, 0.25) is 0 Å². The Morgan fingerprint density at radius 2 is 2.12 bits per heavy atom. The smallest absolute Gasteiger partial charge is 0.390 e. The number of nitrogens with one attached hydrogen (secondary N) is 1. The summed E-state index contributed by atoms with van der Waals surface area (Å²) in [4.78, 5) is 3.87. The van der Waals surface area contributed by atoms with E-state index in [1.54, 1.807) is 13.0 Å². The highest BCUT2D eigenvalue weighted by Gasteiger charge is 2.32. The summed E-state index contributed by atoms with van der Waals surface area (Å²) in [7, 11) is 1.49. The highest BCUT2D eigenvalue weighted by molar-refractivity contribution is 5.26. The molecule has 0 aliphatic carbocycles. The number of rotatable bonds is 5. The summed E-state index contributed by atoms with van der Waals surface area (Å²) in [6, 6.07) is 0.770. The molecule has 96 valence electrons. The molecule has 0 amide bonds. The number of hydrogen-bond acceptors (Lipinski definition) is 3. The van der Waals surface area contributed by atoms with Gasteiger partial charge in [0, 0.05) is 12.2 Å². The van der Waals surface area contributed by atoms with Gasteiger partial charge in [-0.2, -0.15) is 13.2 Å². The lowest BCUT2D eigenvalue weighted by atomic mass is 10.1. The minimum Gasteiger partial charge on any atom is -0.492 e. The van der Waals surface area contributed by atoms with Crippen molar-refractivity contribution in [3.8, 4) is 5.75 Å². The molecule has 1 atom stereocenters. The van der Waals surface area contributed by atoms with E-state index in [0.717, 1.165) is 0 Å². The zero-order valence-electron chi connectivity index (χ0n) is 9.71. The lowest BCUT2D eigenvalue weighted by Gasteiger charge is -2.18. The van der Waals surface area contributed by atoms with Crippen LogP contribution in [-0.4, -0.2) is 24.8 Å². The largest absolute Gasteiger partial charge is 0.492 e. The van der Waals surface area contributed by atoms with Crippen molar-refractivity contribution in [1.29, 1.82) is 0 Å². The molecule has 17 heavy (non-hydrogen) atoms. The molecule has 0 saturated carbocycles. The minimum atomic E-state index is -4.21. The van der Waals surface area contributed by atoms with Gasteiger partial charge >= 0.3 is 6.18 Å². The van der Waals surface area contributed by atoms with E-state index in [-0.39, 0.29) is 0 Å². The maximum Gasteiger partial charge on any atom is 0.390 e. The van der Waals surface area contributed by atoms with Crippen LogP contribution in [0, 0.1) is 0 Å². The van der Waals surface area contributed by atoms with E-state index >= 15 is 0 Å². The van der Waals surface area contributed by atoms with Gasteiger partial charge in [-0.25, -0.2) is 0 Å². The van der Waals surface area contributed by atoms with Gasteiger partial charge in [0.15, 0.2) is 0 Å². The molecular weight excluding hydrogens is 233 g/mol. The highest BCUT2D eigenvalue weighted by Crippen LogP contribution is 2.30. The van der Waals surface area contributed by atoms with Crippen LogP contribution in [0.2, 0.25) is 0 Å². The van der Waals surface area contributed by atoms with Crippen LogP contribution in [0.5, 0.6) is 5.75 Å². The molecule has 0 saturated heterocycles. The monoisotopic (exact) mass is 248 g/mol. The fourth-order valence-corrected chi connectivity index (χ4v) is 1.49. The molecule has 3 nitrogen and oxygen atoms in total. The van der Waals surface area contributed by atoms with Gasteiger partial charge < -0.3 is 10.1 Å². The molecule has 0 aromatic carbocycles. The predicted molar refractivity (Wildman–Crippen MR) is 57.9 cm³/mol. The fraction of sp³-hybridized carbons (Fsp3) is 0.545. The molecule has 0 aliphatic rings. The van der Waals surface area contributed by atoms with Crippen LogP contribution >= 0.6 is 0 Å². The van der Waals surface area contributed by atoms with E-state index < -0.39 is 18.6 Å². The Kier molecular flexibility index (Phi) is 4.74. The summed E-state index contributed by atoms with van der Waals surface area (Å²) in [5, 5.41) is 2.63. The second-order valence-electron chi connectivity index (χ2n) is 3.55. The normalized spacial score (nSPS) is 13.5. The van der Waals surface area contributed by atoms with Crippen LogP contribution in [-0.2, 0) is 0 Å². The second kappa shape index (κ2) is 5.86. The van der Waals surface area contributed by atoms with Crippen molar-refractivity contribution in [3.05, 3.63) is 24.0 Å². The second-order valence-corrected chi connectivity index (χ2v) is 3.55. The van der Waals surface area contributed by atoms with Gasteiger partial charge in [0.1, 0.15) is 5.75 Å². The average Bonchev–Trinajstić information content (AvgIpc) is 2.25. The number of nitrogens with zero attached hydrogens (tertiary/aromatic N) is 1. The number of halogens is 3. The van der Waals surface area contributed by atoms with Gasteiger partial charge in [-0.05, 0) is 25.6 Å². The van der Waals surface area contributed by atoms with E-state index in [4.69, 9.17) is 4.74 Å². The lowest BCUT2D eigenvalue weighted by Crippen LogP contribution is -2.23. The predicted octanol–water partition coefficient (Wildman–Crippen LogP) is 2.69. The third-order valence-electron chi connectivity index (χ3n) is 2.23. The molecule has 0 spiro atoms. The number of alkyl halides is 3. The van der Waals surface area contributed by atoms with Crippen molar-refractivity contribution < 1.29 is 17.9 Å². The van der Waals surface area contributed by atoms with Crippen molar-refractivity contribution >= 4 is 0 Å². The highest BCUT2D eigenvalue weighted by atomic mass is 19.4. The standard InChI is InChI=1S/C11H15F3N2O/c1-3-17-9-4-8(6-16-7-9)10(15-2)5-11(12,13)14/h4,6-7,10,15H,3,5H2,1-2H3. The molecule has 0 bridgehead atoms. The van der Waals surface area contributed by atoms with Gasteiger partial charge in [0.05, 0.1) is 19.2 Å². The maximum atomic E-state index is 12.3. The average molecular weight is 248 g/mol. The third kappa shape index (κ3) is 4.60. The van der Waals surface area contributed by atoms with Gasteiger partial charge in [-0.15, -0.1) is 0 Å². The van der Waals surface area contributed by atoms with E-state index in [9.17, 15) is 13.2 Å². The maximum absolute atomic E-state index is 12.3. The summed E-state index contributed by atoms with van der Waals surface area (Å²) in [5.74, 6) is 0.479. The zero-order chi connectivity index (χ0) is 12.9. The Morgan fingerprint density at radius 3 is 2.65 bits per heavy atom. The summed E-state index contributed by atoms with van der Waals surface area (Å²) in [6.45, 7) is 2.26. The summed E-state index contributed by atoms with van der Waals surface area (Å²) < 4.78 is 42.2. The number of ether oxygens (including phenoxy) is 1. The molecule has 1 unspecified atom stereocenters. The number of aromatic nitrogens is 1. The first-order chi connectivity index (χ1) is 7.96. The Labute approximate surface area is 98.0 Å². The van der Waals surface area contributed by atoms with E-state index in [0.29, 0.717) is 17.9 Å². The van der Waals surface area contributed by atoms with Crippen molar-refractivity contribution in [2.24, 2.45) is 0 Å². The van der Waals surface area contributed by atoms with Gasteiger partial charge in [-0.3, -0.25) is 4.98 Å². The Bertz CT molecular complexity index is 355. The number of pyridine rings is 1. The SMILES string of the molecule is CCOc1cncc(C(CC(F)(F)F)NC)c1. The number of hydrogen-bond donors (Lipinski definition) is 1. The van der Waals surface area contributed by atoms with E-state index in [1.807, 2.05) is 0 Å². The topological polar surface area (TPSA) is 34.1 Å². The van der Waals surface area contributed by atoms with E-state index in [2.05, 4.69) is 10.3 Å². The van der Waals surface area contributed by atoms with Crippen molar-refractivity contribution in [2.45, 2.75) is 25.6 Å². The van der Waals surface area contributed by atoms with Crippen LogP contribution in [0.15, 0.2) is 18.5 Å². The van der Waals surface area contributed by atoms with Crippen LogP contribution in [0.3, 0.4) is 0 Å². The Balaban J connectivity index is 2.84. The Morgan fingerprint density at radius 1 is 1.41 bits per heavy atom. The molecule has 6 heteroatoms. The summed E-state index contributed by atoms with van der Waals surface area (Å²) in [5.41, 5.74) is 0.468. The van der Waals surface area contributed by atoms with Crippen molar-refractivity contribution in [1.82, 2.24) is 10.3 Å². The fourth-order valence-electron chi connectivity index (χ4n) is 1.49. The first-order valence-electron chi connectivity index (χ1n) is 5.28. The molecule has 0 fully saturated rings. The zero-order valence-corrected chi connectivity index (χ0v) is 9.71. The van der Waals surface area contributed by atoms with Gasteiger partial charge in [-0.1, -0.05) is 0 Å². The van der Waals surface area contributed by atoms with Crippen LogP contribution in [0.25, 0.3) is 0 Å². The molecule has 1 N–H and O–H groups in total. The van der Waals surface area contributed by atoms with Crippen LogP contribution < -0.4 is 10.1 Å². The molecule has 1 heterocycles. The first-order valence-corrected chi connectivity index (χ1v) is 5.28. The summed E-state index contributed by atoms with van der Waals surface area (Å²) in [6.07, 6.45) is -2.25. The lowest BCUT2D eigenvalue weighted by molar-refractivity contribution is -0.140. The molecule has 1 aromatic heterocycles. The molecule has 1 aromatic rings. The first kappa shape index (κ1) is 13.8. The molecule has 1 rings (SSSR count). The summed E-state index contributed by atoms with van der Waals surface area (Å²) >= 11 is 0. The Hall–Kier alpha value is -1.30. The van der Waals surface area contributed by atoms with Crippen LogP contribution in [0.1, 0.15) is 24.9 Å². The third-order valence-corrected chi connectivity index (χ3v) is 2.23. The molecule has 0 aliphatic heterocycles. The van der Waals surface area contributed by atoms with Gasteiger partial charge in [0.25, 0.3) is 0 Å². The molecule has 0 radical (unpaired) electrons. The van der Waals surface area contributed by atoms with Crippen molar-refractivity contribution in [3.63, 3.8) is 0 Å². The minimum absolute atomic E-state index is 0.453. The molecular formula is C11H15F3N2O. The van der Waals surface area contributed by atoms with Crippen molar-refractivity contribution in [2.75, 3.05) is 13.7 Å².